The van der Waals surface area contributed by atoms with Crippen LogP contribution in [0.5, 0.6) is 11.5 Å². The highest BCUT2D eigenvalue weighted by Gasteiger charge is 2.37. The lowest BCUT2D eigenvalue weighted by Crippen LogP contribution is -2.54. The van der Waals surface area contributed by atoms with Gasteiger partial charge in [-0.25, -0.2) is 9.69 Å². The molecule has 1 fully saturated rings. The van der Waals surface area contributed by atoms with Gasteiger partial charge in [0.1, 0.15) is 23.7 Å². The molecule has 0 bridgehead atoms. The zero-order chi connectivity index (χ0) is 25.1. The Morgan fingerprint density at radius 3 is 2.34 bits per heavy atom. The molecule has 1 N–H and O–H groups in total. The van der Waals surface area contributed by atoms with Crippen LogP contribution in [0.4, 0.5) is 10.5 Å². The normalized spacial score (nSPS) is 14.8. The molecular weight excluding hydrogens is 580 g/mol. The molecule has 4 amide bonds. The maximum Gasteiger partial charge on any atom is 0.335 e. The standard InChI is InChI=1S/C26H20Br2N2O5/c1-15-11-19(28)8-10-22(15)30-25(32)21(24(31)29-26(30)33)12-17-5-9-20(34-2)13-23(17)35-14-16-3-6-18(27)7-4-16/h3-13H,14H2,1-2H3,(H,29,31,33)/b21-12-. The molecule has 0 radical (unpaired) electrons. The van der Waals surface area contributed by atoms with E-state index in [1.807, 2.05) is 24.3 Å². The highest BCUT2D eigenvalue weighted by Crippen LogP contribution is 2.31. The van der Waals surface area contributed by atoms with Crippen LogP contribution in [-0.4, -0.2) is 25.0 Å². The number of halogens is 2. The fourth-order valence-electron chi connectivity index (χ4n) is 3.53. The van der Waals surface area contributed by atoms with Crippen molar-refractivity contribution in [1.82, 2.24) is 5.32 Å². The van der Waals surface area contributed by atoms with Gasteiger partial charge in [-0.2, -0.15) is 0 Å². The Hall–Kier alpha value is -3.43. The minimum atomic E-state index is -0.802. The Morgan fingerprint density at radius 1 is 0.943 bits per heavy atom. The molecule has 3 aromatic rings. The van der Waals surface area contributed by atoms with Crippen molar-refractivity contribution < 1.29 is 23.9 Å². The number of barbiturate groups is 1. The van der Waals surface area contributed by atoms with Crippen LogP contribution in [0.15, 0.2) is 75.2 Å². The fourth-order valence-corrected chi connectivity index (χ4v) is 4.27. The summed E-state index contributed by atoms with van der Waals surface area (Å²) in [6, 6.07) is 17.1. The average Bonchev–Trinajstić information content (AvgIpc) is 2.83. The smallest absolute Gasteiger partial charge is 0.335 e. The van der Waals surface area contributed by atoms with Gasteiger partial charge >= 0.3 is 6.03 Å². The number of ether oxygens (including phenoxy) is 2. The van der Waals surface area contributed by atoms with Gasteiger partial charge in [0, 0.05) is 20.6 Å². The number of imide groups is 2. The number of methoxy groups -OCH3 is 1. The Balaban J connectivity index is 1.69. The summed E-state index contributed by atoms with van der Waals surface area (Å²) in [5.74, 6) is -0.525. The van der Waals surface area contributed by atoms with E-state index in [9.17, 15) is 14.4 Å². The number of benzene rings is 3. The summed E-state index contributed by atoms with van der Waals surface area (Å²) in [5, 5.41) is 2.25. The molecule has 0 aromatic heterocycles. The monoisotopic (exact) mass is 598 g/mol. The van der Waals surface area contributed by atoms with E-state index in [0.29, 0.717) is 28.3 Å². The molecule has 1 heterocycles. The van der Waals surface area contributed by atoms with Gasteiger partial charge in [0.05, 0.1) is 12.8 Å². The molecule has 0 atom stereocenters. The van der Waals surface area contributed by atoms with Gasteiger partial charge < -0.3 is 9.47 Å². The van der Waals surface area contributed by atoms with E-state index >= 15 is 0 Å². The molecule has 9 heteroatoms. The highest BCUT2D eigenvalue weighted by atomic mass is 79.9. The van der Waals surface area contributed by atoms with Gasteiger partial charge in [-0.1, -0.05) is 44.0 Å². The molecule has 4 rings (SSSR count). The van der Waals surface area contributed by atoms with E-state index < -0.39 is 17.8 Å². The lowest BCUT2D eigenvalue weighted by molar-refractivity contribution is -0.122. The third-order valence-corrected chi connectivity index (χ3v) is 6.35. The van der Waals surface area contributed by atoms with Crippen molar-refractivity contribution in [1.29, 1.82) is 0 Å². The van der Waals surface area contributed by atoms with E-state index in [4.69, 9.17) is 9.47 Å². The summed E-state index contributed by atoms with van der Waals surface area (Å²) in [6.07, 6.45) is 1.42. The minimum absolute atomic E-state index is 0.189. The number of nitrogens with one attached hydrogen (secondary N) is 1. The van der Waals surface area contributed by atoms with Crippen LogP contribution in [0.3, 0.4) is 0 Å². The lowest BCUT2D eigenvalue weighted by atomic mass is 10.0. The molecule has 1 aliphatic rings. The van der Waals surface area contributed by atoms with Crippen LogP contribution in [0.1, 0.15) is 16.7 Å². The largest absolute Gasteiger partial charge is 0.497 e. The summed E-state index contributed by atoms with van der Waals surface area (Å²) >= 11 is 6.78. The van der Waals surface area contributed by atoms with Crippen molar-refractivity contribution in [2.24, 2.45) is 0 Å². The second-order valence-corrected chi connectivity index (χ2v) is 9.54. The molecule has 178 valence electrons. The number of rotatable bonds is 6. The first-order valence-corrected chi connectivity index (χ1v) is 12.1. The molecule has 35 heavy (non-hydrogen) atoms. The Morgan fingerprint density at radius 2 is 1.66 bits per heavy atom. The van der Waals surface area contributed by atoms with Crippen LogP contribution in [0, 0.1) is 6.92 Å². The molecule has 0 saturated carbocycles. The van der Waals surface area contributed by atoms with Crippen molar-refractivity contribution in [2.75, 3.05) is 12.0 Å². The molecule has 7 nitrogen and oxygen atoms in total. The van der Waals surface area contributed by atoms with E-state index in [1.165, 1.54) is 13.2 Å². The van der Waals surface area contributed by atoms with Crippen LogP contribution in [-0.2, 0) is 16.2 Å². The van der Waals surface area contributed by atoms with Gasteiger partial charge in [0.25, 0.3) is 11.8 Å². The van der Waals surface area contributed by atoms with Crippen LogP contribution >= 0.6 is 31.9 Å². The minimum Gasteiger partial charge on any atom is -0.497 e. The predicted molar refractivity (Wildman–Crippen MR) is 139 cm³/mol. The predicted octanol–water partition coefficient (Wildman–Crippen LogP) is 5.77. The third-order valence-electron chi connectivity index (χ3n) is 5.33. The number of carbonyl (C=O) groups is 3. The van der Waals surface area contributed by atoms with Crippen molar-refractivity contribution in [3.05, 3.63) is 91.9 Å². The first-order chi connectivity index (χ1) is 16.8. The Bertz CT molecular complexity index is 1350. The van der Waals surface area contributed by atoms with Crippen LogP contribution < -0.4 is 19.7 Å². The molecule has 1 aliphatic heterocycles. The molecule has 0 aliphatic carbocycles. The van der Waals surface area contributed by atoms with Gasteiger partial charge in [-0.15, -0.1) is 0 Å². The number of nitrogens with zero attached hydrogens (tertiary/aromatic N) is 1. The van der Waals surface area contributed by atoms with Crippen LogP contribution in [0.2, 0.25) is 0 Å². The van der Waals surface area contributed by atoms with E-state index in [-0.39, 0.29) is 12.2 Å². The van der Waals surface area contributed by atoms with E-state index in [0.717, 1.165) is 19.4 Å². The quantitative estimate of drug-likeness (QED) is 0.287. The zero-order valence-corrected chi connectivity index (χ0v) is 22.0. The number of carbonyl (C=O) groups excluding carboxylic acids is 3. The number of amides is 4. The SMILES string of the molecule is COc1ccc(/C=C2/C(=O)NC(=O)N(c3ccc(Br)cc3C)C2=O)c(OCc2ccc(Br)cc2)c1. The first kappa shape index (κ1) is 24.7. The maximum atomic E-state index is 13.3. The molecule has 3 aromatic carbocycles. The summed E-state index contributed by atoms with van der Waals surface area (Å²) in [4.78, 5) is 39.5. The van der Waals surface area contributed by atoms with Gasteiger partial charge in [-0.3, -0.25) is 14.9 Å². The first-order valence-electron chi connectivity index (χ1n) is 10.5. The third kappa shape index (κ3) is 5.47. The molecule has 0 unspecified atom stereocenters. The maximum absolute atomic E-state index is 13.3. The number of anilines is 1. The van der Waals surface area contributed by atoms with Gasteiger partial charge in [-0.05, 0) is 66.6 Å². The van der Waals surface area contributed by atoms with Crippen molar-refractivity contribution in [3.63, 3.8) is 0 Å². The molecule has 0 spiro atoms. The molecule has 1 saturated heterocycles. The number of hydrogen-bond acceptors (Lipinski definition) is 5. The zero-order valence-electron chi connectivity index (χ0n) is 18.8. The summed E-state index contributed by atoms with van der Waals surface area (Å²) in [7, 11) is 1.54. The van der Waals surface area contributed by atoms with E-state index in [2.05, 4.69) is 37.2 Å². The van der Waals surface area contributed by atoms with Gasteiger partial charge in [0.2, 0.25) is 0 Å². The second kappa shape index (κ2) is 10.5. The van der Waals surface area contributed by atoms with Crippen molar-refractivity contribution in [2.45, 2.75) is 13.5 Å². The fraction of sp³-hybridized carbons (Fsp3) is 0.115. The number of aryl methyl sites for hydroxylation is 1. The highest BCUT2D eigenvalue weighted by molar-refractivity contribution is 9.10. The Kier molecular flexibility index (Phi) is 7.37. The number of urea groups is 1. The summed E-state index contributed by atoms with van der Waals surface area (Å²) in [5.41, 5.74) is 2.31. The second-order valence-electron chi connectivity index (χ2n) is 7.71. The average molecular weight is 600 g/mol. The van der Waals surface area contributed by atoms with Crippen molar-refractivity contribution in [3.8, 4) is 11.5 Å². The van der Waals surface area contributed by atoms with E-state index in [1.54, 1.807) is 43.3 Å². The molecular formula is C26H20Br2N2O5. The topological polar surface area (TPSA) is 84.9 Å². The Labute approximate surface area is 219 Å². The summed E-state index contributed by atoms with van der Waals surface area (Å²) in [6.45, 7) is 2.04. The lowest BCUT2D eigenvalue weighted by Gasteiger charge is -2.27. The summed E-state index contributed by atoms with van der Waals surface area (Å²) < 4.78 is 13.1. The van der Waals surface area contributed by atoms with Gasteiger partial charge in [0.15, 0.2) is 0 Å². The van der Waals surface area contributed by atoms with Crippen LogP contribution in [0.25, 0.3) is 6.08 Å². The van der Waals surface area contributed by atoms with Crippen molar-refractivity contribution >= 4 is 61.5 Å². The number of hydrogen-bond donors (Lipinski definition) is 1.